The second kappa shape index (κ2) is 4.19. The SMILES string of the molecule is Nc1ccnc(Oc2ccc(Cl)cc2)c1. The van der Waals surface area contributed by atoms with Crippen molar-refractivity contribution in [2.45, 2.75) is 0 Å². The van der Waals surface area contributed by atoms with E-state index in [1.807, 2.05) is 0 Å². The predicted octanol–water partition coefficient (Wildman–Crippen LogP) is 3.11. The summed E-state index contributed by atoms with van der Waals surface area (Å²) in [5.41, 5.74) is 6.21. The highest BCUT2D eigenvalue weighted by molar-refractivity contribution is 6.30. The van der Waals surface area contributed by atoms with E-state index in [1.54, 1.807) is 42.6 Å². The van der Waals surface area contributed by atoms with Gasteiger partial charge in [-0.1, -0.05) is 11.6 Å². The summed E-state index contributed by atoms with van der Waals surface area (Å²) in [6, 6.07) is 10.4. The van der Waals surface area contributed by atoms with E-state index in [2.05, 4.69) is 4.98 Å². The topological polar surface area (TPSA) is 48.1 Å². The first-order valence-electron chi connectivity index (χ1n) is 4.39. The minimum absolute atomic E-state index is 0.470. The molecule has 0 fully saturated rings. The Morgan fingerprint density at radius 1 is 1.13 bits per heavy atom. The van der Waals surface area contributed by atoms with Crippen LogP contribution in [0.25, 0.3) is 0 Å². The molecule has 76 valence electrons. The van der Waals surface area contributed by atoms with Crippen molar-refractivity contribution in [2.75, 3.05) is 5.73 Å². The normalized spacial score (nSPS) is 9.93. The summed E-state index contributed by atoms with van der Waals surface area (Å²) in [5.74, 6) is 1.15. The van der Waals surface area contributed by atoms with Crippen LogP contribution in [-0.4, -0.2) is 4.98 Å². The van der Waals surface area contributed by atoms with Crippen LogP contribution in [0.3, 0.4) is 0 Å². The highest BCUT2D eigenvalue weighted by Gasteiger charge is 1.98. The molecule has 1 aromatic heterocycles. The molecule has 0 atom stereocenters. The Hall–Kier alpha value is -1.74. The molecule has 0 bridgehead atoms. The monoisotopic (exact) mass is 220 g/mol. The lowest BCUT2D eigenvalue weighted by molar-refractivity contribution is 0.463. The first-order chi connectivity index (χ1) is 7.24. The van der Waals surface area contributed by atoms with Gasteiger partial charge in [0.1, 0.15) is 5.75 Å². The maximum atomic E-state index is 5.75. The van der Waals surface area contributed by atoms with Crippen LogP contribution in [-0.2, 0) is 0 Å². The zero-order valence-electron chi connectivity index (χ0n) is 7.85. The number of hydrogen-bond acceptors (Lipinski definition) is 3. The molecule has 3 nitrogen and oxygen atoms in total. The van der Waals surface area contributed by atoms with Gasteiger partial charge in [-0.3, -0.25) is 0 Å². The van der Waals surface area contributed by atoms with Gasteiger partial charge in [0.15, 0.2) is 0 Å². The van der Waals surface area contributed by atoms with Gasteiger partial charge < -0.3 is 10.5 Å². The first-order valence-corrected chi connectivity index (χ1v) is 4.77. The van der Waals surface area contributed by atoms with Crippen molar-refractivity contribution in [3.63, 3.8) is 0 Å². The van der Waals surface area contributed by atoms with Crippen molar-refractivity contribution in [3.8, 4) is 11.6 Å². The number of nitrogen functional groups attached to an aromatic ring is 1. The molecule has 1 aromatic carbocycles. The molecule has 15 heavy (non-hydrogen) atoms. The second-order valence-corrected chi connectivity index (χ2v) is 3.42. The van der Waals surface area contributed by atoms with Crippen molar-refractivity contribution < 1.29 is 4.74 Å². The van der Waals surface area contributed by atoms with E-state index in [0.29, 0.717) is 22.3 Å². The van der Waals surface area contributed by atoms with Crippen molar-refractivity contribution in [2.24, 2.45) is 0 Å². The van der Waals surface area contributed by atoms with Crippen LogP contribution in [0.5, 0.6) is 11.6 Å². The molecule has 0 aliphatic carbocycles. The quantitative estimate of drug-likeness (QED) is 0.846. The lowest BCUT2D eigenvalue weighted by Gasteiger charge is -2.04. The van der Waals surface area contributed by atoms with Gasteiger partial charge in [-0.15, -0.1) is 0 Å². The summed E-state index contributed by atoms with van der Waals surface area (Å²) in [4.78, 5) is 4.02. The zero-order valence-corrected chi connectivity index (χ0v) is 8.61. The zero-order chi connectivity index (χ0) is 10.7. The first kappa shape index (κ1) is 9.80. The van der Waals surface area contributed by atoms with E-state index in [1.165, 1.54) is 0 Å². The number of anilines is 1. The van der Waals surface area contributed by atoms with E-state index >= 15 is 0 Å². The summed E-state index contributed by atoms with van der Waals surface area (Å²) >= 11 is 5.75. The fourth-order valence-electron chi connectivity index (χ4n) is 1.10. The minimum atomic E-state index is 0.470. The number of benzene rings is 1. The molecular weight excluding hydrogens is 212 g/mol. The van der Waals surface area contributed by atoms with Gasteiger partial charge in [-0.25, -0.2) is 4.98 Å². The molecule has 0 aliphatic heterocycles. The van der Waals surface area contributed by atoms with E-state index in [-0.39, 0.29) is 0 Å². The largest absolute Gasteiger partial charge is 0.439 e. The number of halogens is 1. The predicted molar refractivity (Wildman–Crippen MR) is 60.2 cm³/mol. The smallest absolute Gasteiger partial charge is 0.221 e. The van der Waals surface area contributed by atoms with Crippen LogP contribution in [0.1, 0.15) is 0 Å². The molecule has 0 saturated carbocycles. The highest BCUT2D eigenvalue weighted by atomic mass is 35.5. The molecule has 2 rings (SSSR count). The average molecular weight is 221 g/mol. The molecule has 0 saturated heterocycles. The third-order valence-electron chi connectivity index (χ3n) is 1.79. The number of nitrogens with zero attached hydrogens (tertiary/aromatic N) is 1. The van der Waals surface area contributed by atoms with Crippen LogP contribution >= 0.6 is 11.6 Å². The van der Waals surface area contributed by atoms with Crippen LogP contribution in [0.15, 0.2) is 42.6 Å². The number of hydrogen-bond donors (Lipinski definition) is 1. The molecule has 4 heteroatoms. The molecule has 0 spiro atoms. The van der Waals surface area contributed by atoms with E-state index in [0.717, 1.165) is 0 Å². The maximum absolute atomic E-state index is 5.75. The van der Waals surface area contributed by atoms with Crippen molar-refractivity contribution in [3.05, 3.63) is 47.6 Å². The van der Waals surface area contributed by atoms with Crippen molar-refractivity contribution in [1.29, 1.82) is 0 Å². The Balaban J connectivity index is 2.18. The summed E-state index contributed by atoms with van der Waals surface area (Å²) < 4.78 is 5.46. The van der Waals surface area contributed by atoms with E-state index in [4.69, 9.17) is 22.1 Å². The van der Waals surface area contributed by atoms with Crippen LogP contribution < -0.4 is 10.5 Å². The van der Waals surface area contributed by atoms with Crippen molar-refractivity contribution >= 4 is 17.3 Å². The number of pyridine rings is 1. The summed E-state index contributed by atoms with van der Waals surface area (Å²) in [5, 5.41) is 0.669. The van der Waals surface area contributed by atoms with Gasteiger partial charge >= 0.3 is 0 Å². The minimum Gasteiger partial charge on any atom is -0.439 e. The molecule has 0 unspecified atom stereocenters. The third kappa shape index (κ3) is 2.60. The molecule has 0 radical (unpaired) electrons. The number of ether oxygens (including phenoxy) is 1. The third-order valence-corrected chi connectivity index (χ3v) is 2.05. The summed E-state index contributed by atoms with van der Waals surface area (Å²) in [6.45, 7) is 0. The van der Waals surface area contributed by atoms with Crippen LogP contribution in [0.4, 0.5) is 5.69 Å². The molecule has 0 amide bonds. The molecular formula is C11H9ClN2O. The van der Waals surface area contributed by atoms with Gasteiger partial charge in [0.2, 0.25) is 5.88 Å². The fraction of sp³-hybridized carbons (Fsp3) is 0. The second-order valence-electron chi connectivity index (χ2n) is 2.98. The average Bonchev–Trinajstić information content (AvgIpc) is 2.22. The van der Waals surface area contributed by atoms with Gasteiger partial charge in [-0.05, 0) is 30.3 Å². The Bertz CT molecular complexity index is 456. The van der Waals surface area contributed by atoms with Crippen molar-refractivity contribution in [1.82, 2.24) is 4.98 Å². The standard InChI is InChI=1S/C11H9ClN2O/c12-8-1-3-10(4-2-8)15-11-7-9(13)5-6-14-11/h1-7H,(H2,13,14). The Kier molecular flexibility index (Phi) is 2.74. The van der Waals surface area contributed by atoms with Crippen LogP contribution in [0, 0.1) is 0 Å². The van der Waals surface area contributed by atoms with Crippen LogP contribution in [0.2, 0.25) is 5.02 Å². The van der Waals surface area contributed by atoms with E-state index in [9.17, 15) is 0 Å². The van der Waals surface area contributed by atoms with E-state index < -0.39 is 0 Å². The summed E-state index contributed by atoms with van der Waals surface area (Å²) in [6.07, 6.45) is 1.60. The van der Waals surface area contributed by atoms with Gasteiger partial charge in [0, 0.05) is 23.0 Å². The molecule has 2 aromatic rings. The highest BCUT2D eigenvalue weighted by Crippen LogP contribution is 2.22. The van der Waals surface area contributed by atoms with Gasteiger partial charge in [0.05, 0.1) is 0 Å². The summed E-state index contributed by atoms with van der Waals surface area (Å²) in [7, 11) is 0. The lowest BCUT2D eigenvalue weighted by atomic mass is 10.3. The van der Waals surface area contributed by atoms with Gasteiger partial charge in [0.25, 0.3) is 0 Å². The van der Waals surface area contributed by atoms with Gasteiger partial charge in [-0.2, -0.15) is 0 Å². The number of rotatable bonds is 2. The Morgan fingerprint density at radius 2 is 1.87 bits per heavy atom. The number of aromatic nitrogens is 1. The maximum Gasteiger partial charge on any atom is 0.221 e. The molecule has 0 aliphatic rings. The lowest BCUT2D eigenvalue weighted by Crippen LogP contribution is -1.90. The Labute approximate surface area is 92.5 Å². The molecule has 1 heterocycles. The number of nitrogens with two attached hydrogens (primary N) is 1. The fourth-order valence-corrected chi connectivity index (χ4v) is 1.23. The Morgan fingerprint density at radius 3 is 2.53 bits per heavy atom. The molecule has 2 N–H and O–H groups in total.